The highest BCUT2D eigenvalue weighted by atomic mass is 16.3. The molecule has 0 saturated heterocycles. The minimum Gasteiger partial charge on any atom is -0.456 e. The van der Waals surface area contributed by atoms with Gasteiger partial charge in [-0.2, -0.15) is 0 Å². The van der Waals surface area contributed by atoms with Gasteiger partial charge in [0, 0.05) is 40.0 Å². The maximum atomic E-state index is 6.12. The van der Waals surface area contributed by atoms with Gasteiger partial charge in [-0.05, 0) is 63.4 Å². The van der Waals surface area contributed by atoms with E-state index in [9.17, 15) is 0 Å². The van der Waals surface area contributed by atoms with Crippen molar-refractivity contribution in [3.8, 4) is 67.7 Å². The maximum Gasteiger partial charge on any atom is 0.164 e. The van der Waals surface area contributed by atoms with Gasteiger partial charge < -0.3 is 4.42 Å². The van der Waals surface area contributed by atoms with E-state index in [4.69, 9.17) is 19.4 Å². The van der Waals surface area contributed by atoms with Gasteiger partial charge in [0.15, 0.2) is 17.5 Å². The summed E-state index contributed by atoms with van der Waals surface area (Å²) in [4.78, 5) is 19.3. The van der Waals surface area contributed by atoms with Crippen molar-refractivity contribution < 1.29 is 4.42 Å². The molecule has 0 atom stereocenters. The van der Waals surface area contributed by atoms with E-state index >= 15 is 0 Å². The second-order valence-electron chi connectivity index (χ2n) is 12.0. The third kappa shape index (κ3) is 5.64. The van der Waals surface area contributed by atoms with Crippen LogP contribution in [0.5, 0.6) is 0 Å². The lowest BCUT2D eigenvalue weighted by Gasteiger charge is -2.10. The summed E-state index contributed by atoms with van der Waals surface area (Å²) in [7, 11) is 0. The number of rotatable bonds is 6. The fraction of sp³-hybridized carbons (Fsp3) is 0. The fourth-order valence-corrected chi connectivity index (χ4v) is 6.21. The number of para-hydroxylation sites is 1. The number of hydrogen-bond donors (Lipinski definition) is 0. The zero-order valence-corrected chi connectivity index (χ0v) is 26.4. The summed E-state index contributed by atoms with van der Waals surface area (Å²) in [5, 5.41) is 3.36. The highest BCUT2D eigenvalue weighted by Crippen LogP contribution is 2.32. The first-order valence-electron chi connectivity index (χ1n) is 16.2. The standard InChI is InChI=1S/C44H28N4O/c1-2-7-29(8-3-1)34-20-21-36-26-38(23-22-35(36)25-34)44-47-42(32-16-12-30(13-17-32)39-10-6-24-45-28-39)46-43(48-44)33-18-14-31(15-19-33)41-27-37-9-4-5-11-40(37)49-41/h1-28H. The van der Waals surface area contributed by atoms with E-state index < -0.39 is 0 Å². The Morgan fingerprint density at radius 2 is 0.878 bits per heavy atom. The lowest BCUT2D eigenvalue weighted by atomic mass is 10.00. The Labute approximate surface area is 283 Å². The van der Waals surface area contributed by atoms with Crippen LogP contribution in [0.4, 0.5) is 0 Å². The average Bonchev–Trinajstić information content (AvgIpc) is 3.63. The summed E-state index contributed by atoms with van der Waals surface area (Å²) in [6.45, 7) is 0. The number of fused-ring (bicyclic) bond motifs is 2. The molecule has 0 N–H and O–H groups in total. The molecule has 5 nitrogen and oxygen atoms in total. The highest BCUT2D eigenvalue weighted by molar-refractivity contribution is 5.90. The molecule has 3 heterocycles. The monoisotopic (exact) mass is 628 g/mol. The zero-order valence-electron chi connectivity index (χ0n) is 26.4. The Morgan fingerprint density at radius 3 is 1.55 bits per heavy atom. The molecule has 9 rings (SSSR count). The van der Waals surface area contributed by atoms with Crippen LogP contribution in [0, 0.1) is 0 Å². The molecular weight excluding hydrogens is 601 g/mol. The molecule has 0 spiro atoms. The van der Waals surface area contributed by atoms with Crippen LogP contribution in [-0.2, 0) is 0 Å². The van der Waals surface area contributed by atoms with E-state index in [2.05, 4.69) is 120 Å². The largest absolute Gasteiger partial charge is 0.456 e. The van der Waals surface area contributed by atoms with E-state index in [1.165, 1.54) is 11.1 Å². The molecule has 230 valence electrons. The molecule has 0 fully saturated rings. The fourth-order valence-electron chi connectivity index (χ4n) is 6.21. The Bertz CT molecular complexity index is 2540. The minimum atomic E-state index is 0.604. The SMILES string of the molecule is c1ccc(-c2ccc3cc(-c4nc(-c5ccc(-c6cccnc6)cc5)nc(-c5ccc(-c6cc7ccccc7o6)cc5)n4)ccc3c2)cc1. The van der Waals surface area contributed by atoms with Crippen molar-refractivity contribution in [1.82, 2.24) is 19.9 Å². The molecule has 9 aromatic rings. The molecule has 0 unspecified atom stereocenters. The Balaban J connectivity index is 1.12. The van der Waals surface area contributed by atoms with Gasteiger partial charge in [-0.3, -0.25) is 4.98 Å². The number of aromatic nitrogens is 4. The quantitative estimate of drug-likeness (QED) is 0.183. The number of pyridine rings is 1. The van der Waals surface area contributed by atoms with Crippen LogP contribution >= 0.6 is 0 Å². The maximum absolute atomic E-state index is 6.12. The molecule has 0 aliphatic carbocycles. The van der Waals surface area contributed by atoms with E-state index in [0.29, 0.717) is 17.5 Å². The van der Waals surface area contributed by atoms with Crippen molar-refractivity contribution in [2.24, 2.45) is 0 Å². The van der Waals surface area contributed by atoms with Crippen LogP contribution in [0.2, 0.25) is 0 Å². The Kier molecular flexibility index (Phi) is 7.06. The van der Waals surface area contributed by atoms with Gasteiger partial charge in [0.1, 0.15) is 11.3 Å². The van der Waals surface area contributed by atoms with Crippen molar-refractivity contribution in [3.63, 3.8) is 0 Å². The molecule has 3 aromatic heterocycles. The van der Waals surface area contributed by atoms with Crippen LogP contribution in [-0.4, -0.2) is 19.9 Å². The lowest BCUT2D eigenvalue weighted by molar-refractivity contribution is 0.631. The van der Waals surface area contributed by atoms with Crippen LogP contribution in [0.25, 0.3) is 89.5 Å². The summed E-state index contributed by atoms with van der Waals surface area (Å²) in [5.41, 5.74) is 9.11. The lowest BCUT2D eigenvalue weighted by Crippen LogP contribution is -2.00. The van der Waals surface area contributed by atoms with Crippen molar-refractivity contribution in [3.05, 3.63) is 170 Å². The molecule has 0 bridgehead atoms. The first kappa shape index (κ1) is 28.5. The molecule has 6 aromatic carbocycles. The summed E-state index contributed by atoms with van der Waals surface area (Å²) < 4.78 is 6.12. The van der Waals surface area contributed by atoms with Gasteiger partial charge >= 0.3 is 0 Å². The molecule has 49 heavy (non-hydrogen) atoms. The molecule has 0 amide bonds. The number of furan rings is 1. The van der Waals surface area contributed by atoms with Crippen LogP contribution < -0.4 is 0 Å². The number of benzene rings is 6. The van der Waals surface area contributed by atoms with Crippen LogP contribution in [0.15, 0.2) is 175 Å². The molecular formula is C44H28N4O. The van der Waals surface area contributed by atoms with Gasteiger partial charge in [0.2, 0.25) is 0 Å². The second kappa shape index (κ2) is 12.1. The smallest absolute Gasteiger partial charge is 0.164 e. The van der Waals surface area contributed by atoms with E-state index in [-0.39, 0.29) is 0 Å². The van der Waals surface area contributed by atoms with Crippen molar-refractivity contribution in [1.29, 1.82) is 0 Å². The van der Waals surface area contributed by atoms with Gasteiger partial charge in [-0.25, -0.2) is 15.0 Å². The highest BCUT2D eigenvalue weighted by Gasteiger charge is 2.14. The van der Waals surface area contributed by atoms with Gasteiger partial charge in [-0.1, -0.05) is 127 Å². The summed E-state index contributed by atoms with van der Waals surface area (Å²) in [6, 6.07) is 54.0. The predicted octanol–water partition coefficient (Wildman–Crippen LogP) is 11.2. The molecule has 0 saturated carbocycles. The van der Waals surface area contributed by atoms with E-state index in [1.807, 2.05) is 48.7 Å². The summed E-state index contributed by atoms with van der Waals surface area (Å²) in [5.74, 6) is 2.66. The van der Waals surface area contributed by atoms with Crippen molar-refractivity contribution in [2.45, 2.75) is 0 Å². The van der Waals surface area contributed by atoms with Gasteiger partial charge in [0.25, 0.3) is 0 Å². The third-order valence-electron chi connectivity index (χ3n) is 8.83. The number of hydrogen-bond acceptors (Lipinski definition) is 5. The van der Waals surface area contributed by atoms with Gasteiger partial charge in [-0.15, -0.1) is 0 Å². The Hall–Kier alpha value is -6.72. The summed E-state index contributed by atoms with van der Waals surface area (Å²) >= 11 is 0. The molecule has 5 heteroatoms. The minimum absolute atomic E-state index is 0.604. The summed E-state index contributed by atoms with van der Waals surface area (Å²) in [6.07, 6.45) is 3.65. The topological polar surface area (TPSA) is 64.7 Å². The van der Waals surface area contributed by atoms with Crippen molar-refractivity contribution >= 4 is 21.7 Å². The first-order valence-corrected chi connectivity index (χ1v) is 16.2. The molecule has 0 radical (unpaired) electrons. The van der Waals surface area contributed by atoms with Crippen LogP contribution in [0.3, 0.4) is 0 Å². The molecule has 0 aliphatic rings. The van der Waals surface area contributed by atoms with Gasteiger partial charge in [0.05, 0.1) is 0 Å². The average molecular weight is 629 g/mol. The molecule has 0 aliphatic heterocycles. The predicted molar refractivity (Wildman–Crippen MR) is 198 cm³/mol. The zero-order chi connectivity index (χ0) is 32.6. The van der Waals surface area contributed by atoms with Crippen molar-refractivity contribution in [2.75, 3.05) is 0 Å². The third-order valence-corrected chi connectivity index (χ3v) is 8.83. The Morgan fingerprint density at radius 1 is 0.347 bits per heavy atom. The second-order valence-corrected chi connectivity index (χ2v) is 12.0. The van der Waals surface area contributed by atoms with Crippen LogP contribution in [0.1, 0.15) is 0 Å². The van der Waals surface area contributed by atoms with E-state index in [0.717, 1.165) is 60.9 Å². The first-order chi connectivity index (χ1) is 24.2. The number of nitrogens with zero attached hydrogens (tertiary/aromatic N) is 4. The normalized spacial score (nSPS) is 11.3. The van der Waals surface area contributed by atoms with E-state index in [1.54, 1.807) is 6.20 Å².